The SMILES string of the molecule is O=C(COC(=O)CCC(=O)c1ccc2c(c1)OCCO2)Nc1ccccc1OC(F)F. The Bertz CT molecular complexity index is 964. The zero-order valence-corrected chi connectivity index (χ0v) is 16.3. The summed E-state index contributed by atoms with van der Waals surface area (Å²) in [6.07, 6.45) is -0.350. The first-order chi connectivity index (χ1) is 14.9. The molecule has 164 valence electrons. The maximum absolute atomic E-state index is 12.4. The molecular formula is C21H19F2NO7. The molecule has 2 aromatic rings. The fraction of sp³-hybridized carbons (Fsp3) is 0.286. The Kier molecular flexibility index (Phi) is 7.36. The summed E-state index contributed by atoms with van der Waals surface area (Å²) < 4.78 is 44.8. The van der Waals surface area contributed by atoms with E-state index in [1.165, 1.54) is 24.3 Å². The van der Waals surface area contributed by atoms with Crippen LogP contribution in [0.2, 0.25) is 0 Å². The van der Waals surface area contributed by atoms with Crippen molar-refractivity contribution in [3.63, 3.8) is 0 Å². The number of hydrogen-bond donors (Lipinski definition) is 1. The third kappa shape index (κ3) is 6.39. The molecule has 1 heterocycles. The van der Waals surface area contributed by atoms with Crippen LogP contribution in [0.25, 0.3) is 0 Å². The molecule has 3 rings (SSSR count). The molecule has 0 aliphatic carbocycles. The number of amides is 1. The minimum atomic E-state index is -3.05. The van der Waals surface area contributed by atoms with Gasteiger partial charge in [-0.15, -0.1) is 0 Å². The minimum absolute atomic E-state index is 0.0117. The number of hydrogen-bond acceptors (Lipinski definition) is 7. The first-order valence-corrected chi connectivity index (χ1v) is 9.34. The summed E-state index contributed by atoms with van der Waals surface area (Å²) in [6, 6.07) is 10.4. The number of para-hydroxylation sites is 2. The van der Waals surface area contributed by atoms with Crippen LogP contribution in [0.3, 0.4) is 0 Å². The number of ether oxygens (including phenoxy) is 4. The normalized spacial score (nSPS) is 12.2. The molecule has 0 radical (unpaired) electrons. The number of halogens is 2. The van der Waals surface area contributed by atoms with E-state index in [-0.39, 0.29) is 30.1 Å². The molecule has 0 saturated carbocycles. The summed E-state index contributed by atoms with van der Waals surface area (Å²) in [4.78, 5) is 36.1. The van der Waals surface area contributed by atoms with Crippen molar-refractivity contribution in [3.8, 4) is 17.2 Å². The lowest BCUT2D eigenvalue weighted by Gasteiger charge is -2.18. The molecule has 8 nitrogen and oxygen atoms in total. The summed E-state index contributed by atoms with van der Waals surface area (Å²) in [5, 5.41) is 2.32. The van der Waals surface area contributed by atoms with Crippen LogP contribution in [0.4, 0.5) is 14.5 Å². The van der Waals surface area contributed by atoms with Gasteiger partial charge in [-0.3, -0.25) is 14.4 Å². The van der Waals surface area contributed by atoms with Crippen LogP contribution in [-0.4, -0.2) is 44.1 Å². The molecule has 0 bridgehead atoms. The van der Waals surface area contributed by atoms with Gasteiger partial charge in [0.05, 0.1) is 12.1 Å². The highest BCUT2D eigenvalue weighted by molar-refractivity contribution is 5.98. The van der Waals surface area contributed by atoms with E-state index in [1.807, 2.05) is 0 Å². The summed E-state index contributed by atoms with van der Waals surface area (Å²) in [7, 11) is 0. The standard InChI is InChI=1S/C21H19F2NO7/c22-21(23)31-16-4-2-1-3-14(16)24-19(26)12-30-20(27)8-6-15(25)13-5-7-17-18(11-13)29-10-9-28-17/h1-5,7,11,21H,6,8-10,12H2,(H,24,26). The van der Waals surface area contributed by atoms with E-state index in [1.54, 1.807) is 18.2 Å². The second kappa shape index (κ2) is 10.4. The second-order valence-corrected chi connectivity index (χ2v) is 6.37. The predicted octanol–water partition coefficient (Wildman–Crippen LogP) is 3.20. The fourth-order valence-corrected chi connectivity index (χ4v) is 2.75. The molecule has 0 aromatic heterocycles. The van der Waals surface area contributed by atoms with Gasteiger partial charge >= 0.3 is 12.6 Å². The summed E-state index contributed by atoms with van der Waals surface area (Å²) in [5.74, 6) is -0.991. The third-order valence-electron chi connectivity index (χ3n) is 4.16. The molecule has 0 saturated heterocycles. The van der Waals surface area contributed by atoms with Crippen molar-refractivity contribution >= 4 is 23.3 Å². The number of carbonyl (C=O) groups excluding carboxylic acids is 3. The lowest BCUT2D eigenvalue weighted by Crippen LogP contribution is -2.21. The van der Waals surface area contributed by atoms with E-state index < -0.39 is 25.1 Å². The van der Waals surface area contributed by atoms with Gasteiger partial charge in [0, 0.05) is 12.0 Å². The third-order valence-corrected chi connectivity index (χ3v) is 4.16. The first-order valence-electron chi connectivity index (χ1n) is 9.34. The number of ketones is 1. The Hall–Kier alpha value is -3.69. The quantitative estimate of drug-likeness (QED) is 0.477. The number of fused-ring (bicyclic) bond motifs is 1. The average molecular weight is 435 g/mol. The molecule has 1 aliphatic rings. The number of anilines is 1. The number of alkyl halides is 2. The Balaban J connectivity index is 1.44. The van der Waals surface area contributed by atoms with Gasteiger partial charge < -0.3 is 24.3 Å². The van der Waals surface area contributed by atoms with Gasteiger partial charge in [-0.1, -0.05) is 12.1 Å². The van der Waals surface area contributed by atoms with Gasteiger partial charge in [0.25, 0.3) is 5.91 Å². The van der Waals surface area contributed by atoms with Gasteiger partial charge in [-0.2, -0.15) is 8.78 Å². The highest BCUT2D eigenvalue weighted by Crippen LogP contribution is 2.31. The van der Waals surface area contributed by atoms with E-state index in [0.717, 1.165) is 0 Å². The molecule has 10 heteroatoms. The highest BCUT2D eigenvalue weighted by atomic mass is 19.3. The van der Waals surface area contributed by atoms with Crippen molar-refractivity contribution in [2.24, 2.45) is 0 Å². The zero-order chi connectivity index (χ0) is 22.2. The lowest BCUT2D eigenvalue weighted by atomic mass is 10.1. The van der Waals surface area contributed by atoms with Gasteiger partial charge in [-0.05, 0) is 30.3 Å². The van der Waals surface area contributed by atoms with Crippen LogP contribution in [-0.2, 0) is 14.3 Å². The molecule has 2 aromatic carbocycles. The Morgan fingerprint density at radius 3 is 2.52 bits per heavy atom. The van der Waals surface area contributed by atoms with Crippen LogP contribution in [0.1, 0.15) is 23.2 Å². The number of esters is 1. The Morgan fingerprint density at radius 1 is 1.00 bits per heavy atom. The van der Waals surface area contributed by atoms with Gasteiger partial charge in [0.1, 0.15) is 19.0 Å². The van der Waals surface area contributed by atoms with Crippen molar-refractivity contribution < 1.29 is 42.1 Å². The van der Waals surface area contributed by atoms with Gasteiger partial charge in [0.2, 0.25) is 0 Å². The van der Waals surface area contributed by atoms with Crippen molar-refractivity contribution in [2.45, 2.75) is 19.5 Å². The molecule has 0 fully saturated rings. The molecule has 0 unspecified atom stereocenters. The smallest absolute Gasteiger partial charge is 0.387 e. The van der Waals surface area contributed by atoms with Crippen LogP contribution in [0.15, 0.2) is 42.5 Å². The van der Waals surface area contributed by atoms with E-state index in [0.29, 0.717) is 30.3 Å². The topological polar surface area (TPSA) is 100 Å². The average Bonchev–Trinajstić information content (AvgIpc) is 2.76. The zero-order valence-electron chi connectivity index (χ0n) is 16.3. The molecular weight excluding hydrogens is 416 g/mol. The highest BCUT2D eigenvalue weighted by Gasteiger charge is 2.17. The van der Waals surface area contributed by atoms with Crippen molar-refractivity contribution in [1.29, 1.82) is 0 Å². The second-order valence-electron chi connectivity index (χ2n) is 6.37. The Labute approximate surface area is 176 Å². The van der Waals surface area contributed by atoms with E-state index in [2.05, 4.69) is 10.1 Å². The summed E-state index contributed by atoms with van der Waals surface area (Å²) in [6.45, 7) is -2.87. The molecule has 0 atom stereocenters. The van der Waals surface area contributed by atoms with Crippen LogP contribution in [0, 0.1) is 0 Å². The van der Waals surface area contributed by atoms with E-state index in [4.69, 9.17) is 14.2 Å². The maximum atomic E-state index is 12.4. The number of rotatable bonds is 9. The molecule has 31 heavy (non-hydrogen) atoms. The summed E-state index contributed by atoms with van der Waals surface area (Å²) in [5.41, 5.74) is 0.378. The molecule has 1 N–H and O–H groups in total. The van der Waals surface area contributed by atoms with Crippen LogP contribution < -0.4 is 19.5 Å². The maximum Gasteiger partial charge on any atom is 0.387 e. The monoisotopic (exact) mass is 435 g/mol. The van der Waals surface area contributed by atoms with Crippen LogP contribution >= 0.6 is 0 Å². The van der Waals surface area contributed by atoms with E-state index in [9.17, 15) is 23.2 Å². The number of Topliss-reactive ketones (excluding diaryl/α,β-unsaturated/α-hetero) is 1. The van der Waals surface area contributed by atoms with Gasteiger partial charge in [-0.25, -0.2) is 0 Å². The van der Waals surface area contributed by atoms with Gasteiger partial charge in [0.15, 0.2) is 23.9 Å². The number of nitrogens with one attached hydrogen (secondary N) is 1. The molecule has 0 spiro atoms. The minimum Gasteiger partial charge on any atom is -0.486 e. The first kappa shape index (κ1) is 22.0. The van der Waals surface area contributed by atoms with Crippen molar-refractivity contribution in [1.82, 2.24) is 0 Å². The molecule has 1 amide bonds. The fourth-order valence-electron chi connectivity index (χ4n) is 2.75. The number of benzene rings is 2. The molecule has 1 aliphatic heterocycles. The lowest BCUT2D eigenvalue weighted by molar-refractivity contribution is -0.147. The van der Waals surface area contributed by atoms with Crippen molar-refractivity contribution in [2.75, 3.05) is 25.1 Å². The van der Waals surface area contributed by atoms with E-state index >= 15 is 0 Å². The largest absolute Gasteiger partial charge is 0.486 e. The van der Waals surface area contributed by atoms with Crippen molar-refractivity contribution in [3.05, 3.63) is 48.0 Å². The van der Waals surface area contributed by atoms with Crippen LogP contribution in [0.5, 0.6) is 17.2 Å². The summed E-state index contributed by atoms with van der Waals surface area (Å²) >= 11 is 0. The Morgan fingerprint density at radius 2 is 1.74 bits per heavy atom. The number of carbonyl (C=O) groups is 3. The predicted molar refractivity (Wildman–Crippen MR) is 104 cm³/mol.